The topological polar surface area (TPSA) is 47.4 Å². The first-order chi connectivity index (χ1) is 11.9. The van der Waals surface area contributed by atoms with E-state index in [0.717, 1.165) is 24.5 Å². The van der Waals surface area contributed by atoms with Crippen LogP contribution in [0.4, 0.5) is 0 Å². The number of Topliss-reactive ketones (excluding diaryl/α,β-unsaturated/α-hetero) is 1. The summed E-state index contributed by atoms with van der Waals surface area (Å²) in [6.07, 6.45) is 2.45. The number of carbonyl (C=O) groups is 1. The molecule has 0 bridgehead atoms. The summed E-state index contributed by atoms with van der Waals surface area (Å²) in [7, 11) is 0. The number of halogens is 2. The number of rotatable bonds is 5. The van der Waals surface area contributed by atoms with E-state index < -0.39 is 0 Å². The Balaban J connectivity index is 1.61. The summed E-state index contributed by atoms with van der Waals surface area (Å²) in [6.45, 7) is 6.07. The smallest absolute Gasteiger partial charge is 0.152 e. The fourth-order valence-corrected chi connectivity index (χ4v) is 3.44. The summed E-state index contributed by atoms with van der Waals surface area (Å²) >= 11 is 12.0. The standard InChI is InChI=1S/C18H21Cl2N3O2/c1-12-9-22(10-13(2)25-12)11-16(24)7-14-5-6-23(21-14)15-3-4-17(19)18(20)8-15/h3-6,8,12-13H,7,9-11H2,1-2H3. The largest absolute Gasteiger partial charge is 0.373 e. The van der Waals surface area contributed by atoms with Gasteiger partial charge in [-0.25, -0.2) is 4.68 Å². The number of carbonyl (C=O) groups excluding carboxylic acids is 1. The highest BCUT2D eigenvalue weighted by molar-refractivity contribution is 6.42. The van der Waals surface area contributed by atoms with E-state index >= 15 is 0 Å². The number of ketones is 1. The maximum absolute atomic E-state index is 12.4. The summed E-state index contributed by atoms with van der Waals surface area (Å²) in [5, 5.41) is 5.44. The highest BCUT2D eigenvalue weighted by Gasteiger charge is 2.23. The molecule has 1 aliphatic rings. The minimum atomic E-state index is 0.153. The Labute approximate surface area is 157 Å². The number of aromatic nitrogens is 2. The van der Waals surface area contributed by atoms with Gasteiger partial charge >= 0.3 is 0 Å². The molecule has 1 fully saturated rings. The van der Waals surface area contributed by atoms with Crippen LogP contribution >= 0.6 is 23.2 Å². The van der Waals surface area contributed by atoms with Crippen molar-refractivity contribution in [2.24, 2.45) is 0 Å². The van der Waals surface area contributed by atoms with E-state index in [0.29, 0.717) is 23.0 Å². The molecule has 2 atom stereocenters. The lowest BCUT2D eigenvalue weighted by Gasteiger charge is -2.34. The molecule has 0 N–H and O–H groups in total. The van der Waals surface area contributed by atoms with Gasteiger partial charge in [0.05, 0.1) is 46.6 Å². The van der Waals surface area contributed by atoms with Gasteiger partial charge in [0.15, 0.2) is 5.78 Å². The predicted octanol–water partition coefficient (Wildman–Crippen LogP) is 3.40. The molecule has 2 heterocycles. The predicted molar refractivity (Wildman–Crippen MR) is 98.7 cm³/mol. The molecule has 0 radical (unpaired) electrons. The van der Waals surface area contributed by atoms with E-state index in [-0.39, 0.29) is 18.0 Å². The van der Waals surface area contributed by atoms with Crippen LogP contribution in [0.15, 0.2) is 30.5 Å². The Morgan fingerprint density at radius 2 is 1.92 bits per heavy atom. The van der Waals surface area contributed by atoms with Gasteiger partial charge in [0, 0.05) is 19.3 Å². The average molecular weight is 382 g/mol. The zero-order valence-electron chi connectivity index (χ0n) is 14.3. The summed E-state index contributed by atoms with van der Waals surface area (Å²) in [5.41, 5.74) is 1.55. The van der Waals surface area contributed by atoms with Crippen molar-refractivity contribution < 1.29 is 9.53 Å². The lowest BCUT2D eigenvalue weighted by atomic mass is 10.1. The SMILES string of the molecule is CC1CN(CC(=O)Cc2ccn(-c3ccc(Cl)c(Cl)c3)n2)CC(C)O1. The first kappa shape index (κ1) is 18.4. The van der Waals surface area contributed by atoms with E-state index in [1.54, 1.807) is 16.8 Å². The number of morpholine rings is 1. The van der Waals surface area contributed by atoms with Crippen molar-refractivity contribution in [3.05, 3.63) is 46.2 Å². The van der Waals surface area contributed by atoms with E-state index in [2.05, 4.69) is 10.00 Å². The molecular weight excluding hydrogens is 361 g/mol. The van der Waals surface area contributed by atoms with Gasteiger partial charge in [0.2, 0.25) is 0 Å². The minimum absolute atomic E-state index is 0.153. The van der Waals surface area contributed by atoms with Crippen LogP contribution in [0, 0.1) is 0 Å². The Bertz CT molecular complexity index is 753. The van der Waals surface area contributed by atoms with Crippen LogP contribution in [-0.4, -0.2) is 52.3 Å². The fourth-order valence-electron chi connectivity index (χ4n) is 3.15. The molecule has 5 nitrogen and oxygen atoms in total. The summed E-state index contributed by atoms with van der Waals surface area (Å²) < 4.78 is 7.40. The second-order valence-electron chi connectivity index (χ2n) is 6.52. The van der Waals surface area contributed by atoms with Crippen LogP contribution in [0.3, 0.4) is 0 Å². The van der Waals surface area contributed by atoms with Gasteiger partial charge in [-0.2, -0.15) is 5.10 Å². The Morgan fingerprint density at radius 3 is 2.60 bits per heavy atom. The molecule has 0 saturated carbocycles. The fraction of sp³-hybridized carbons (Fsp3) is 0.444. The van der Waals surface area contributed by atoms with Crippen molar-refractivity contribution in [1.29, 1.82) is 0 Å². The van der Waals surface area contributed by atoms with Gasteiger partial charge in [-0.05, 0) is 38.1 Å². The van der Waals surface area contributed by atoms with E-state index in [9.17, 15) is 4.79 Å². The molecular formula is C18H21Cl2N3O2. The van der Waals surface area contributed by atoms with Crippen molar-refractivity contribution in [2.75, 3.05) is 19.6 Å². The van der Waals surface area contributed by atoms with Crippen LogP contribution in [0.2, 0.25) is 10.0 Å². The Hall–Kier alpha value is -1.40. The molecule has 7 heteroatoms. The Kier molecular flexibility index (Phi) is 5.79. The van der Waals surface area contributed by atoms with Gasteiger partial charge in [0.1, 0.15) is 0 Å². The monoisotopic (exact) mass is 381 g/mol. The van der Waals surface area contributed by atoms with Gasteiger partial charge in [0.25, 0.3) is 0 Å². The van der Waals surface area contributed by atoms with Gasteiger partial charge in [-0.15, -0.1) is 0 Å². The molecule has 134 valence electrons. The number of nitrogens with zero attached hydrogens (tertiary/aromatic N) is 3. The highest BCUT2D eigenvalue weighted by atomic mass is 35.5. The van der Waals surface area contributed by atoms with Gasteiger partial charge in [-0.3, -0.25) is 9.69 Å². The van der Waals surface area contributed by atoms with Crippen LogP contribution < -0.4 is 0 Å². The molecule has 0 amide bonds. The third-order valence-electron chi connectivity index (χ3n) is 4.09. The van der Waals surface area contributed by atoms with Crippen LogP contribution in [-0.2, 0) is 16.0 Å². The zero-order chi connectivity index (χ0) is 18.0. The number of benzene rings is 1. The van der Waals surface area contributed by atoms with Crippen molar-refractivity contribution in [1.82, 2.24) is 14.7 Å². The maximum atomic E-state index is 12.4. The Morgan fingerprint density at radius 1 is 1.20 bits per heavy atom. The third kappa shape index (κ3) is 4.82. The number of hydrogen-bond donors (Lipinski definition) is 0. The highest BCUT2D eigenvalue weighted by Crippen LogP contribution is 2.24. The molecule has 1 aromatic heterocycles. The quantitative estimate of drug-likeness (QED) is 0.795. The molecule has 1 aromatic carbocycles. The number of ether oxygens (including phenoxy) is 1. The molecule has 2 unspecified atom stereocenters. The van der Waals surface area contributed by atoms with Crippen molar-refractivity contribution in [3.63, 3.8) is 0 Å². The third-order valence-corrected chi connectivity index (χ3v) is 4.82. The lowest BCUT2D eigenvalue weighted by Crippen LogP contribution is -2.47. The second-order valence-corrected chi connectivity index (χ2v) is 7.33. The molecule has 3 rings (SSSR count). The second kappa shape index (κ2) is 7.87. The van der Waals surface area contributed by atoms with Crippen LogP contribution in [0.5, 0.6) is 0 Å². The minimum Gasteiger partial charge on any atom is -0.373 e. The average Bonchev–Trinajstić information content (AvgIpc) is 2.97. The normalized spacial score (nSPS) is 21.4. The van der Waals surface area contributed by atoms with E-state index in [4.69, 9.17) is 27.9 Å². The summed E-state index contributed by atoms with van der Waals surface area (Å²) in [5.74, 6) is 0.153. The molecule has 25 heavy (non-hydrogen) atoms. The molecule has 1 aliphatic heterocycles. The van der Waals surface area contributed by atoms with Crippen LogP contribution in [0.25, 0.3) is 5.69 Å². The van der Waals surface area contributed by atoms with Crippen LogP contribution in [0.1, 0.15) is 19.5 Å². The summed E-state index contributed by atoms with van der Waals surface area (Å²) in [6, 6.07) is 7.17. The zero-order valence-corrected chi connectivity index (χ0v) is 15.8. The molecule has 0 aliphatic carbocycles. The van der Waals surface area contributed by atoms with E-state index in [1.807, 2.05) is 32.2 Å². The van der Waals surface area contributed by atoms with Crippen molar-refractivity contribution >= 4 is 29.0 Å². The van der Waals surface area contributed by atoms with Crippen molar-refractivity contribution in [3.8, 4) is 5.69 Å². The maximum Gasteiger partial charge on any atom is 0.152 e. The number of hydrogen-bond acceptors (Lipinski definition) is 4. The first-order valence-electron chi connectivity index (χ1n) is 8.30. The lowest BCUT2D eigenvalue weighted by molar-refractivity contribution is -0.123. The van der Waals surface area contributed by atoms with Gasteiger partial charge in [-0.1, -0.05) is 23.2 Å². The first-order valence-corrected chi connectivity index (χ1v) is 9.06. The molecule has 0 spiro atoms. The molecule has 1 saturated heterocycles. The molecule has 2 aromatic rings. The summed E-state index contributed by atoms with van der Waals surface area (Å²) in [4.78, 5) is 14.5. The van der Waals surface area contributed by atoms with E-state index in [1.165, 1.54) is 0 Å². The van der Waals surface area contributed by atoms with Crippen molar-refractivity contribution in [2.45, 2.75) is 32.5 Å². The van der Waals surface area contributed by atoms with Gasteiger partial charge < -0.3 is 4.74 Å².